The minimum absolute atomic E-state index is 0.0904. The molecule has 0 bridgehead atoms. The molecule has 0 aromatic heterocycles. The first-order valence-corrected chi connectivity index (χ1v) is 6.14. The second-order valence-corrected chi connectivity index (χ2v) is 6.20. The second-order valence-electron chi connectivity index (χ2n) is 5.79. The zero-order chi connectivity index (χ0) is 12.5. The molecule has 2 nitrogen and oxygen atoms in total. The van der Waals surface area contributed by atoms with E-state index in [2.05, 4.69) is 20.8 Å². The Morgan fingerprint density at radius 3 is 2.25 bits per heavy atom. The molecule has 0 atom stereocenters. The lowest BCUT2D eigenvalue weighted by atomic mass is 9.88. The van der Waals surface area contributed by atoms with E-state index < -0.39 is 0 Å². The molecule has 0 saturated carbocycles. The molecule has 0 unspecified atom stereocenters. The van der Waals surface area contributed by atoms with Crippen molar-refractivity contribution in [2.75, 3.05) is 19.0 Å². The van der Waals surface area contributed by atoms with Crippen LogP contribution in [0.25, 0.3) is 0 Å². The first-order chi connectivity index (χ1) is 7.24. The summed E-state index contributed by atoms with van der Waals surface area (Å²) < 4.78 is 0.510. The van der Waals surface area contributed by atoms with Crippen LogP contribution >= 0.6 is 12.2 Å². The maximum Gasteiger partial charge on any atom is 0.204 e. The highest BCUT2D eigenvalue weighted by atomic mass is 32.1. The fraction of sp³-hybridized carbons (Fsp3) is 0.692. The molecule has 0 saturated heterocycles. The van der Waals surface area contributed by atoms with Crippen molar-refractivity contribution in [3.05, 3.63) is 20.3 Å². The van der Waals surface area contributed by atoms with E-state index in [0.29, 0.717) is 9.93 Å². The minimum Gasteiger partial charge on any atom is -0.376 e. The number of anilines is 1. The number of hydrogen-bond acceptors (Lipinski definition) is 3. The molecule has 0 N–H and O–H groups in total. The van der Waals surface area contributed by atoms with Crippen molar-refractivity contribution in [2.24, 2.45) is 5.41 Å². The van der Waals surface area contributed by atoms with Crippen LogP contribution in [-0.4, -0.2) is 14.1 Å². The first kappa shape index (κ1) is 13.4. The smallest absolute Gasteiger partial charge is 0.204 e. The molecule has 0 heterocycles. The van der Waals surface area contributed by atoms with Crippen LogP contribution in [0.5, 0.6) is 0 Å². The van der Waals surface area contributed by atoms with Crippen molar-refractivity contribution in [3.63, 3.8) is 0 Å². The number of hydrogen-bond donors (Lipinski definition) is 0. The van der Waals surface area contributed by atoms with Crippen LogP contribution in [0.15, 0.2) is 4.79 Å². The van der Waals surface area contributed by atoms with Gasteiger partial charge in [0.2, 0.25) is 5.43 Å². The van der Waals surface area contributed by atoms with E-state index in [1.165, 1.54) is 0 Å². The Hall–Kier alpha value is -0.700. The van der Waals surface area contributed by atoms with Crippen LogP contribution in [0.2, 0.25) is 0 Å². The monoisotopic (exact) mass is 239 g/mol. The van der Waals surface area contributed by atoms with E-state index in [-0.39, 0.29) is 5.43 Å². The predicted molar refractivity (Wildman–Crippen MR) is 72.6 cm³/mol. The van der Waals surface area contributed by atoms with Gasteiger partial charge in [-0.05, 0) is 24.7 Å². The third kappa shape index (κ3) is 2.91. The molecule has 0 aliphatic rings. The van der Waals surface area contributed by atoms with Gasteiger partial charge in [-0.25, -0.2) is 0 Å². The quantitative estimate of drug-likeness (QED) is 0.753. The highest BCUT2D eigenvalue weighted by molar-refractivity contribution is 7.71. The third-order valence-electron chi connectivity index (χ3n) is 2.78. The minimum atomic E-state index is 0.0904. The number of nitrogens with zero attached hydrogens (tertiary/aromatic N) is 1. The van der Waals surface area contributed by atoms with E-state index in [1.54, 1.807) is 0 Å². The summed E-state index contributed by atoms with van der Waals surface area (Å²) in [5.41, 5.74) is 2.34. The van der Waals surface area contributed by atoms with E-state index in [0.717, 1.165) is 30.5 Å². The zero-order valence-electron chi connectivity index (χ0n) is 10.9. The van der Waals surface area contributed by atoms with Gasteiger partial charge in [-0.2, -0.15) is 0 Å². The van der Waals surface area contributed by atoms with Crippen LogP contribution in [0.3, 0.4) is 0 Å². The molecule has 1 aromatic carbocycles. The van der Waals surface area contributed by atoms with E-state index >= 15 is 0 Å². The van der Waals surface area contributed by atoms with Crippen molar-refractivity contribution in [1.82, 2.24) is 0 Å². The van der Waals surface area contributed by atoms with Gasteiger partial charge in [0.1, 0.15) is 4.51 Å². The summed E-state index contributed by atoms with van der Waals surface area (Å²) in [6, 6.07) is 0. The third-order valence-corrected chi connectivity index (χ3v) is 3.16. The Labute approximate surface area is 103 Å². The van der Waals surface area contributed by atoms with Crippen molar-refractivity contribution in [3.8, 4) is 0 Å². The molecule has 16 heavy (non-hydrogen) atoms. The molecule has 0 spiro atoms. The molecule has 0 aliphatic heterocycles. The molecule has 0 aliphatic carbocycles. The largest absolute Gasteiger partial charge is 0.376 e. The summed E-state index contributed by atoms with van der Waals surface area (Å²) >= 11 is 5.06. The molecule has 0 radical (unpaired) electrons. The van der Waals surface area contributed by atoms with Gasteiger partial charge < -0.3 is 4.90 Å². The topological polar surface area (TPSA) is 20.3 Å². The average Bonchev–Trinajstić information content (AvgIpc) is 2.13. The van der Waals surface area contributed by atoms with Crippen LogP contribution in [-0.2, 0) is 6.42 Å². The Morgan fingerprint density at radius 1 is 1.25 bits per heavy atom. The van der Waals surface area contributed by atoms with Crippen molar-refractivity contribution < 1.29 is 0 Å². The molecular formula is C13H21NOS. The lowest BCUT2D eigenvalue weighted by Crippen LogP contribution is -2.26. The molecule has 3 heteroatoms. The average molecular weight is 239 g/mol. The zero-order valence-corrected chi connectivity index (χ0v) is 11.7. The highest BCUT2D eigenvalue weighted by Gasteiger charge is 2.19. The van der Waals surface area contributed by atoms with Gasteiger partial charge in [0.15, 0.2) is 0 Å². The van der Waals surface area contributed by atoms with E-state index in [9.17, 15) is 4.79 Å². The summed E-state index contributed by atoms with van der Waals surface area (Å²) in [5, 5.41) is 0. The van der Waals surface area contributed by atoms with Crippen molar-refractivity contribution >= 4 is 17.9 Å². The lowest BCUT2D eigenvalue weighted by molar-refractivity contribution is 0.365. The van der Waals surface area contributed by atoms with Gasteiger partial charge >= 0.3 is 0 Å². The highest BCUT2D eigenvalue weighted by Crippen LogP contribution is 2.26. The fourth-order valence-electron chi connectivity index (χ4n) is 1.93. The van der Waals surface area contributed by atoms with Gasteiger partial charge in [-0.3, -0.25) is 4.79 Å². The molecular weight excluding hydrogens is 218 g/mol. The fourth-order valence-corrected chi connectivity index (χ4v) is 2.36. The van der Waals surface area contributed by atoms with Gasteiger partial charge in [-0.1, -0.05) is 33.0 Å². The Morgan fingerprint density at radius 2 is 1.81 bits per heavy atom. The van der Waals surface area contributed by atoms with Gasteiger partial charge in [0.05, 0.1) is 5.69 Å². The van der Waals surface area contributed by atoms with Crippen LogP contribution in [0.4, 0.5) is 5.69 Å². The summed E-state index contributed by atoms with van der Waals surface area (Å²) in [4.78, 5) is 13.6. The molecule has 0 amide bonds. The summed E-state index contributed by atoms with van der Waals surface area (Å²) in [5.74, 6) is 0. The van der Waals surface area contributed by atoms with Gasteiger partial charge in [0.25, 0.3) is 0 Å². The Bertz CT molecular complexity index is 433. The Balaban J connectivity index is 2.66. The Kier molecular flexibility index (Phi) is 3.89. The van der Waals surface area contributed by atoms with E-state index in [1.807, 2.05) is 19.0 Å². The molecule has 0 fully saturated rings. The maximum absolute atomic E-state index is 11.6. The van der Waals surface area contributed by atoms with Crippen LogP contribution < -0.4 is 10.3 Å². The summed E-state index contributed by atoms with van der Waals surface area (Å²) in [6.45, 7) is 6.67. The van der Waals surface area contributed by atoms with Crippen LogP contribution in [0, 0.1) is 9.93 Å². The summed E-state index contributed by atoms with van der Waals surface area (Å²) in [6.07, 6.45) is 3.06. The number of rotatable bonds is 4. The van der Waals surface area contributed by atoms with Crippen LogP contribution in [0.1, 0.15) is 39.2 Å². The molecule has 90 valence electrons. The molecule has 1 rings (SSSR count). The lowest BCUT2D eigenvalue weighted by Gasteiger charge is -2.22. The van der Waals surface area contributed by atoms with Crippen molar-refractivity contribution in [1.29, 1.82) is 0 Å². The predicted octanol–water partition coefficient (Wildman–Crippen LogP) is 3.09. The SMILES string of the molecule is CN(C)c1c(CCCC(C)(C)C)c(=O)c1=S. The first-order valence-electron chi connectivity index (χ1n) is 5.73. The summed E-state index contributed by atoms with van der Waals surface area (Å²) in [7, 11) is 3.88. The maximum atomic E-state index is 11.6. The normalized spacial score (nSPS) is 12.1. The second kappa shape index (κ2) is 4.66. The molecule has 1 aromatic rings. The standard InChI is InChI=1S/C13H21NOS/c1-13(2,3)8-6-7-9-10(14(4)5)12(16)11(9)15/h6-8H2,1-5H3. The van der Waals surface area contributed by atoms with E-state index in [4.69, 9.17) is 12.2 Å². The van der Waals surface area contributed by atoms with Gasteiger partial charge in [-0.15, -0.1) is 0 Å². The van der Waals surface area contributed by atoms with Crippen molar-refractivity contribution in [2.45, 2.75) is 40.0 Å². The van der Waals surface area contributed by atoms with Gasteiger partial charge in [0, 0.05) is 19.7 Å².